The minimum atomic E-state index is -0.0779. The van der Waals surface area contributed by atoms with E-state index >= 15 is 0 Å². The maximum absolute atomic E-state index is 9.55. The first-order valence-corrected chi connectivity index (χ1v) is 4.02. The molecule has 0 fully saturated rings. The van der Waals surface area contributed by atoms with Crippen molar-refractivity contribution in [3.63, 3.8) is 0 Å². The normalized spacial score (nSPS) is 12.5. The first-order valence-electron chi connectivity index (χ1n) is 4.02. The van der Waals surface area contributed by atoms with E-state index in [1.807, 2.05) is 6.92 Å². The second-order valence-corrected chi connectivity index (χ2v) is 2.81. The number of hydrazine groups is 1. The molecular weight excluding hydrogens is 168 g/mol. The molecule has 0 saturated heterocycles. The smallest absolute Gasteiger partial charge is 0.124 e. The van der Waals surface area contributed by atoms with Crippen LogP contribution in [0, 0.1) is 0 Å². The molecule has 0 unspecified atom stereocenters. The van der Waals surface area contributed by atoms with Crippen LogP contribution in [0.4, 0.5) is 0 Å². The summed E-state index contributed by atoms with van der Waals surface area (Å²) in [6.45, 7) is 1.86. The molecule has 4 nitrogen and oxygen atoms in total. The van der Waals surface area contributed by atoms with Crippen molar-refractivity contribution in [2.75, 3.05) is 7.11 Å². The lowest BCUT2D eigenvalue weighted by atomic mass is 10.1. The molecule has 4 heteroatoms. The van der Waals surface area contributed by atoms with Crippen LogP contribution in [-0.4, -0.2) is 12.2 Å². The Hall–Kier alpha value is -1.26. The fourth-order valence-corrected chi connectivity index (χ4v) is 1.11. The molecule has 13 heavy (non-hydrogen) atoms. The van der Waals surface area contributed by atoms with Gasteiger partial charge in [-0.05, 0) is 13.0 Å². The van der Waals surface area contributed by atoms with Crippen molar-refractivity contribution in [3.05, 3.63) is 23.8 Å². The Bertz CT molecular complexity index is 289. The van der Waals surface area contributed by atoms with Gasteiger partial charge in [-0.1, -0.05) is 6.07 Å². The third-order valence-corrected chi connectivity index (χ3v) is 1.95. The Kier molecular flexibility index (Phi) is 3.11. The van der Waals surface area contributed by atoms with Gasteiger partial charge in [-0.3, -0.25) is 11.3 Å². The zero-order valence-electron chi connectivity index (χ0n) is 7.74. The fourth-order valence-electron chi connectivity index (χ4n) is 1.11. The number of benzene rings is 1. The number of nitrogens with two attached hydrogens (primary N) is 1. The molecule has 72 valence electrons. The number of aromatic hydroxyl groups is 1. The van der Waals surface area contributed by atoms with Crippen molar-refractivity contribution in [1.29, 1.82) is 0 Å². The van der Waals surface area contributed by atoms with Crippen LogP contribution >= 0.6 is 0 Å². The van der Waals surface area contributed by atoms with E-state index in [-0.39, 0.29) is 11.8 Å². The van der Waals surface area contributed by atoms with Gasteiger partial charge in [-0.25, -0.2) is 0 Å². The second-order valence-electron chi connectivity index (χ2n) is 2.81. The summed E-state index contributed by atoms with van der Waals surface area (Å²) in [5, 5.41) is 9.55. The third-order valence-electron chi connectivity index (χ3n) is 1.95. The highest BCUT2D eigenvalue weighted by molar-refractivity contribution is 5.41. The number of rotatable bonds is 3. The van der Waals surface area contributed by atoms with Gasteiger partial charge < -0.3 is 9.84 Å². The Morgan fingerprint density at radius 1 is 1.54 bits per heavy atom. The molecule has 0 spiro atoms. The summed E-state index contributed by atoms with van der Waals surface area (Å²) < 4.78 is 4.95. The molecule has 1 aromatic carbocycles. The van der Waals surface area contributed by atoms with E-state index in [2.05, 4.69) is 5.43 Å². The summed E-state index contributed by atoms with van der Waals surface area (Å²) >= 11 is 0. The molecule has 1 atom stereocenters. The number of phenols is 1. The second kappa shape index (κ2) is 4.11. The molecule has 0 radical (unpaired) electrons. The van der Waals surface area contributed by atoms with Gasteiger partial charge in [-0.15, -0.1) is 0 Å². The molecule has 0 heterocycles. The van der Waals surface area contributed by atoms with Gasteiger partial charge in [0, 0.05) is 17.7 Å². The van der Waals surface area contributed by atoms with Gasteiger partial charge in [0.05, 0.1) is 7.11 Å². The number of phenolic OH excluding ortho intramolecular Hbond substituents is 1. The van der Waals surface area contributed by atoms with Gasteiger partial charge in [-0.2, -0.15) is 0 Å². The molecule has 0 aliphatic carbocycles. The van der Waals surface area contributed by atoms with Crippen LogP contribution in [0.2, 0.25) is 0 Å². The maximum Gasteiger partial charge on any atom is 0.124 e. The lowest BCUT2D eigenvalue weighted by Gasteiger charge is -2.12. The average molecular weight is 182 g/mol. The molecule has 0 bridgehead atoms. The molecule has 0 aliphatic heterocycles. The predicted molar refractivity (Wildman–Crippen MR) is 50.4 cm³/mol. The van der Waals surface area contributed by atoms with E-state index in [1.165, 1.54) is 0 Å². The highest BCUT2D eigenvalue weighted by Gasteiger charge is 2.08. The number of hydrogen-bond donors (Lipinski definition) is 3. The van der Waals surface area contributed by atoms with Crippen molar-refractivity contribution in [2.24, 2.45) is 5.84 Å². The third kappa shape index (κ3) is 2.11. The molecule has 0 amide bonds. The number of nitrogens with one attached hydrogen (secondary N) is 1. The molecular formula is C9H14N2O2. The van der Waals surface area contributed by atoms with E-state index in [1.54, 1.807) is 25.3 Å². The zero-order valence-corrected chi connectivity index (χ0v) is 7.74. The Morgan fingerprint density at radius 2 is 2.23 bits per heavy atom. The van der Waals surface area contributed by atoms with E-state index in [0.717, 1.165) is 5.56 Å². The quantitative estimate of drug-likeness (QED) is 0.480. The number of ether oxygens (including phenoxy) is 1. The Labute approximate surface area is 77.3 Å². The summed E-state index contributed by atoms with van der Waals surface area (Å²) in [5.41, 5.74) is 3.31. The van der Waals surface area contributed by atoms with Crippen LogP contribution in [0.15, 0.2) is 18.2 Å². The van der Waals surface area contributed by atoms with E-state index in [4.69, 9.17) is 10.6 Å². The monoisotopic (exact) mass is 182 g/mol. The van der Waals surface area contributed by atoms with Crippen LogP contribution in [0.25, 0.3) is 0 Å². The van der Waals surface area contributed by atoms with E-state index < -0.39 is 0 Å². The van der Waals surface area contributed by atoms with E-state index in [0.29, 0.717) is 5.75 Å². The van der Waals surface area contributed by atoms with Crippen molar-refractivity contribution >= 4 is 0 Å². The predicted octanol–water partition coefficient (Wildman–Crippen LogP) is 0.925. The minimum Gasteiger partial charge on any atom is -0.507 e. The van der Waals surface area contributed by atoms with Gasteiger partial charge >= 0.3 is 0 Å². The molecule has 1 rings (SSSR count). The van der Waals surface area contributed by atoms with Crippen LogP contribution in [0.3, 0.4) is 0 Å². The Balaban J connectivity index is 2.98. The number of methoxy groups -OCH3 is 1. The first-order chi connectivity index (χ1) is 6.19. The SMILES string of the molecule is COc1ccc([C@H](C)NN)c(O)c1. The molecule has 1 aromatic rings. The molecule has 0 aliphatic rings. The molecule has 0 saturated carbocycles. The van der Waals surface area contributed by atoms with Crippen molar-refractivity contribution < 1.29 is 9.84 Å². The largest absolute Gasteiger partial charge is 0.507 e. The average Bonchev–Trinajstić information content (AvgIpc) is 2.16. The highest BCUT2D eigenvalue weighted by atomic mass is 16.5. The summed E-state index contributed by atoms with van der Waals surface area (Å²) in [5.74, 6) is 6.07. The first kappa shape index (κ1) is 9.83. The van der Waals surface area contributed by atoms with E-state index in [9.17, 15) is 5.11 Å². The van der Waals surface area contributed by atoms with Crippen molar-refractivity contribution in [2.45, 2.75) is 13.0 Å². The lowest BCUT2D eigenvalue weighted by Crippen LogP contribution is -2.25. The highest BCUT2D eigenvalue weighted by Crippen LogP contribution is 2.27. The standard InChI is InChI=1S/C9H14N2O2/c1-6(11-10)8-4-3-7(13-2)5-9(8)12/h3-6,11-12H,10H2,1-2H3/t6-/m0/s1. The topological polar surface area (TPSA) is 67.5 Å². The number of hydrogen-bond acceptors (Lipinski definition) is 4. The van der Waals surface area contributed by atoms with Crippen molar-refractivity contribution in [3.8, 4) is 11.5 Å². The van der Waals surface area contributed by atoms with Gasteiger partial charge in [0.2, 0.25) is 0 Å². The molecule has 0 aromatic heterocycles. The summed E-state index contributed by atoms with van der Waals surface area (Å²) in [4.78, 5) is 0. The zero-order chi connectivity index (χ0) is 9.84. The molecule has 4 N–H and O–H groups in total. The van der Waals surface area contributed by atoms with Gasteiger partial charge in [0.25, 0.3) is 0 Å². The van der Waals surface area contributed by atoms with Crippen molar-refractivity contribution in [1.82, 2.24) is 5.43 Å². The van der Waals surface area contributed by atoms with Crippen LogP contribution < -0.4 is 16.0 Å². The summed E-state index contributed by atoms with van der Waals surface area (Å²) in [6.07, 6.45) is 0. The maximum atomic E-state index is 9.55. The van der Waals surface area contributed by atoms with Crippen LogP contribution in [-0.2, 0) is 0 Å². The lowest BCUT2D eigenvalue weighted by molar-refractivity contribution is 0.404. The van der Waals surface area contributed by atoms with Crippen LogP contribution in [0.5, 0.6) is 11.5 Å². The Morgan fingerprint density at radius 3 is 2.69 bits per heavy atom. The fraction of sp³-hybridized carbons (Fsp3) is 0.333. The van der Waals surface area contributed by atoms with Crippen LogP contribution in [0.1, 0.15) is 18.5 Å². The summed E-state index contributed by atoms with van der Waals surface area (Å²) in [6, 6.07) is 5.04. The van der Waals surface area contributed by atoms with Gasteiger partial charge in [0.1, 0.15) is 11.5 Å². The van der Waals surface area contributed by atoms with Gasteiger partial charge in [0.15, 0.2) is 0 Å². The summed E-state index contributed by atoms with van der Waals surface area (Å²) in [7, 11) is 1.55. The minimum absolute atomic E-state index is 0.0779.